The van der Waals surface area contributed by atoms with Crippen molar-refractivity contribution in [3.8, 4) is 11.5 Å². The van der Waals surface area contributed by atoms with E-state index in [2.05, 4.69) is 37.6 Å². The molecule has 1 atom stereocenters. The third-order valence-electron chi connectivity index (χ3n) is 14.1. The van der Waals surface area contributed by atoms with Crippen LogP contribution >= 0.6 is 21.6 Å². The molecule has 3 rings (SSSR count). The van der Waals surface area contributed by atoms with Crippen molar-refractivity contribution in [3.63, 3.8) is 0 Å². The Hall–Kier alpha value is -3.26. The molecule has 0 aliphatic carbocycles. The van der Waals surface area contributed by atoms with Crippen LogP contribution in [0.25, 0.3) is 0 Å². The van der Waals surface area contributed by atoms with E-state index in [0.717, 1.165) is 145 Å². The van der Waals surface area contributed by atoms with Crippen molar-refractivity contribution in [2.24, 2.45) is 11.8 Å². The number of benzene rings is 2. The summed E-state index contributed by atoms with van der Waals surface area (Å²) in [7, 11) is 6.09. The number of carbonyl (C=O) groups is 4. The number of aromatic hydroxyl groups is 1. The quantitative estimate of drug-likeness (QED) is 0.0222. The van der Waals surface area contributed by atoms with E-state index in [1.54, 1.807) is 36.4 Å². The van der Waals surface area contributed by atoms with E-state index in [1.807, 2.05) is 33.7 Å². The van der Waals surface area contributed by atoms with Gasteiger partial charge in [0.05, 0.1) is 26.1 Å². The van der Waals surface area contributed by atoms with Crippen molar-refractivity contribution in [1.29, 1.82) is 0 Å². The van der Waals surface area contributed by atoms with E-state index in [-0.39, 0.29) is 48.6 Å². The smallest absolute Gasteiger partial charge is 0.311 e. The molecule has 1 fully saturated rings. The topological polar surface area (TPSA) is 132 Å². The van der Waals surface area contributed by atoms with Crippen LogP contribution in [0.5, 0.6) is 11.5 Å². The van der Waals surface area contributed by atoms with Gasteiger partial charge in [-0.3, -0.25) is 19.2 Å². The van der Waals surface area contributed by atoms with Crippen molar-refractivity contribution < 1.29 is 43.2 Å². The number of hydrogen-bond donors (Lipinski definition) is 1. The zero-order valence-electron chi connectivity index (χ0n) is 45.9. The number of ether oxygens (including phenoxy) is 4. The molecule has 73 heavy (non-hydrogen) atoms. The van der Waals surface area contributed by atoms with E-state index in [4.69, 9.17) is 18.9 Å². The molecule has 0 bridgehead atoms. The normalized spacial score (nSPS) is 13.6. The van der Waals surface area contributed by atoms with Crippen LogP contribution < -0.4 is 4.74 Å². The van der Waals surface area contributed by atoms with Gasteiger partial charge < -0.3 is 33.9 Å². The summed E-state index contributed by atoms with van der Waals surface area (Å²) in [6.45, 7) is 13.0. The van der Waals surface area contributed by atoms with E-state index >= 15 is 0 Å². The van der Waals surface area contributed by atoms with Gasteiger partial charge in [0.15, 0.2) is 0 Å². The zero-order valence-corrected chi connectivity index (χ0v) is 47.6. The highest BCUT2D eigenvalue weighted by Gasteiger charge is 2.20. The first-order chi connectivity index (χ1) is 35.5. The Balaban J connectivity index is 1.12. The number of phenolic OH excluding ortho intramolecular Hbond substituents is 1. The molecular weight excluding hydrogens is 957 g/mol. The maximum Gasteiger partial charge on any atom is 0.311 e. The number of phenols is 1. The van der Waals surface area contributed by atoms with Gasteiger partial charge in [0.1, 0.15) is 17.6 Å². The summed E-state index contributed by atoms with van der Waals surface area (Å²) in [4.78, 5) is 54.9. The minimum Gasteiger partial charge on any atom is -0.508 e. The summed E-state index contributed by atoms with van der Waals surface area (Å²) >= 11 is 0. The van der Waals surface area contributed by atoms with E-state index in [0.29, 0.717) is 43.6 Å². The van der Waals surface area contributed by atoms with E-state index < -0.39 is 0 Å². The second-order valence-electron chi connectivity index (χ2n) is 20.8. The third kappa shape index (κ3) is 34.1. The Morgan fingerprint density at radius 1 is 0.616 bits per heavy atom. The molecule has 1 aliphatic heterocycles. The highest BCUT2D eigenvalue weighted by molar-refractivity contribution is 8.76. The predicted molar refractivity (Wildman–Crippen MR) is 302 cm³/mol. The van der Waals surface area contributed by atoms with Gasteiger partial charge in [-0.2, -0.15) is 0 Å². The molecule has 0 amide bonds. The Kier molecular flexibility index (Phi) is 36.8. The second-order valence-corrected chi connectivity index (χ2v) is 23.5. The summed E-state index contributed by atoms with van der Waals surface area (Å²) in [6.07, 6.45) is 27.9. The molecule has 414 valence electrons. The van der Waals surface area contributed by atoms with Crippen LogP contribution in [0.1, 0.15) is 199 Å². The fraction of sp³-hybridized carbons (Fsp3) is 0.733. The number of rotatable bonds is 44. The molecule has 11 nitrogen and oxygen atoms in total. The average molecular weight is 1060 g/mol. The van der Waals surface area contributed by atoms with Crippen LogP contribution in [-0.4, -0.2) is 109 Å². The van der Waals surface area contributed by atoms with E-state index in [9.17, 15) is 24.3 Å². The molecule has 2 aromatic carbocycles. The van der Waals surface area contributed by atoms with Gasteiger partial charge in [-0.05, 0) is 145 Å². The van der Waals surface area contributed by atoms with Gasteiger partial charge in [-0.15, -0.1) is 0 Å². The van der Waals surface area contributed by atoms with Crippen molar-refractivity contribution in [2.45, 2.75) is 207 Å². The molecule has 1 heterocycles. The number of esters is 4. The number of carbonyl (C=O) groups excluding carboxylic acids is 4. The van der Waals surface area contributed by atoms with Crippen molar-refractivity contribution in [2.75, 3.05) is 64.5 Å². The molecule has 0 saturated carbocycles. The standard InChI is InChI=1S/C60H98N2O9S2/c1-5-7-9-11-14-18-22-55(23-19-15-12-10-8-6-2)70-57(64)24-20-16-13-17-21-25-58(65)71-56-32-28-53(29-33-56)49-60(67)69-45-38-51-35-40-62(41-36-51)43-47-73-72-46-42-61(4)39-34-50(3)37-44-68-59(66)48-52-26-30-54(63)31-27-52/h26-33,50-51,55,63H,5-25,34-49H2,1-4H3. The highest BCUT2D eigenvalue weighted by Crippen LogP contribution is 2.25. The summed E-state index contributed by atoms with van der Waals surface area (Å²) in [6, 6.07) is 13.8. The second kappa shape index (κ2) is 41.9. The molecule has 1 unspecified atom stereocenters. The first-order valence-corrected chi connectivity index (χ1v) is 31.2. The number of unbranched alkanes of at least 4 members (excludes halogenated alkanes) is 14. The number of nitrogens with zero attached hydrogens (tertiary/aromatic N) is 2. The molecule has 1 N–H and O–H groups in total. The van der Waals surface area contributed by atoms with E-state index in [1.165, 1.54) is 64.2 Å². The third-order valence-corrected chi connectivity index (χ3v) is 16.5. The molecule has 2 aromatic rings. The first kappa shape index (κ1) is 64.0. The zero-order chi connectivity index (χ0) is 52.6. The maximum absolute atomic E-state index is 12.7. The average Bonchev–Trinajstić information content (AvgIpc) is 3.37. The van der Waals surface area contributed by atoms with Crippen LogP contribution in [0.3, 0.4) is 0 Å². The number of hydrogen-bond acceptors (Lipinski definition) is 13. The molecule has 0 radical (unpaired) electrons. The summed E-state index contributed by atoms with van der Waals surface area (Å²) in [5.74, 6) is 3.18. The lowest BCUT2D eigenvalue weighted by atomic mass is 9.94. The Morgan fingerprint density at radius 2 is 1.14 bits per heavy atom. The molecule has 1 saturated heterocycles. The van der Waals surface area contributed by atoms with Gasteiger partial charge in [-0.25, -0.2) is 0 Å². The summed E-state index contributed by atoms with van der Waals surface area (Å²) < 4.78 is 22.6. The lowest BCUT2D eigenvalue weighted by Crippen LogP contribution is -2.35. The van der Waals surface area contributed by atoms with Crippen molar-refractivity contribution >= 4 is 45.5 Å². The fourth-order valence-corrected chi connectivity index (χ4v) is 11.3. The first-order valence-electron chi connectivity index (χ1n) is 28.8. The Labute approximate surface area is 450 Å². The molecule has 0 spiro atoms. The number of piperidine rings is 1. The molecular formula is C60H98N2O9S2. The Morgan fingerprint density at radius 3 is 1.74 bits per heavy atom. The van der Waals surface area contributed by atoms with Gasteiger partial charge >= 0.3 is 23.9 Å². The highest BCUT2D eigenvalue weighted by atomic mass is 33.1. The van der Waals surface area contributed by atoms with Crippen LogP contribution in [0.4, 0.5) is 0 Å². The largest absolute Gasteiger partial charge is 0.508 e. The van der Waals surface area contributed by atoms with Crippen LogP contribution in [0.2, 0.25) is 0 Å². The summed E-state index contributed by atoms with van der Waals surface area (Å²) in [5, 5.41) is 9.40. The van der Waals surface area contributed by atoms with Crippen molar-refractivity contribution in [3.05, 3.63) is 59.7 Å². The predicted octanol–water partition coefficient (Wildman–Crippen LogP) is 14.1. The summed E-state index contributed by atoms with van der Waals surface area (Å²) in [5.41, 5.74) is 1.67. The SMILES string of the molecule is CCCCCCCCC(CCCCCCCC)OC(=O)CCCCCCCC(=O)Oc1ccc(CC(=O)OCCC2CCN(CCSSCCN(C)CCC(C)CCOC(=O)Cc3ccc(O)cc3)CC2)cc1. The van der Waals surface area contributed by atoms with Crippen LogP contribution in [0.15, 0.2) is 48.5 Å². The number of likely N-dealkylation sites (tertiary alicyclic amines) is 1. The minimum atomic E-state index is -0.255. The van der Waals surface area contributed by atoms with Crippen LogP contribution in [0, 0.1) is 11.8 Å². The van der Waals surface area contributed by atoms with Crippen LogP contribution in [-0.2, 0) is 46.2 Å². The van der Waals surface area contributed by atoms with Crippen molar-refractivity contribution in [1.82, 2.24) is 9.80 Å². The molecule has 13 heteroatoms. The Bertz CT molecular complexity index is 1710. The maximum atomic E-state index is 12.7. The lowest BCUT2D eigenvalue weighted by Gasteiger charge is -2.31. The fourth-order valence-electron chi connectivity index (χ4n) is 9.17. The lowest BCUT2D eigenvalue weighted by molar-refractivity contribution is -0.150. The monoisotopic (exact) mass is 1050 g/mol. The van der Waals surface area contributed by atoms with Gasteiger partial charge in [-0.1, -0.05) is 150 Å². The minimum absolute atomic E-state index is 0.0521. The van der Waals surface area contributed by atoms with Gasteiger partial charge in [0, 0.05) is 37.4 Å². The molecule has 1 aliphatic rings. The molecule has 0 aromatic heterocycles. The van der Waals surface area contributed by atoms with Gasteiger partial charge in [0.2, 0.25) is 0 Å². The van der Waals surface area contributed by atoms with Gasteiger partial charge in [0.25, 0.3) is 0 Å².